The number of hydrogen-bond acceptors (Lipinski definition) is 2. The van der Waals surface area contributed by atoms with Gasteiger partial charge in [-0.3, -0.25) is 4.79 Å². The molecule has 0 spiro atoms. The number of hydrogen-bond donors (Lipinski definition) is 1. The van der Waals surface area contributed by atoms with Gasteiger partial charge in [-0.15, -0.1) is 0 Å². The first-order valence-corrected chi connectivity index (χ1v) is 8.76. The smallest absolute Gasteiger partial charge is 0.220 e. The van der Waals surface area contributed by atoms with Crippen LogP contribution in [0.25, 0.3) is 0 Å². The van der Waals surface area contributed by atoms with Gasteiger partial charge in [0, 0.05) is 18.0 Å². The molecule has 0 aromatic heterocycles. The second-order valence-corrected chi connectivity index (χ2v) is 7.12. The maximum Gasteiger partial charge on any atom is 0.220 e. The fourth-order valence-electron chi connectivity index (χ4n) is 3.55. The minimum Gasteiger partial charge on any atom is -0.350 e. The summed E-state index contributed by atoms with van der Waals surface area (Å²) in [7, 11) is 0. The van der Waals surface area contributed by atoms with Crippen molar-refractivity contribution in [3.8, 4) is 0 Å². The van der Waals surface area contributed by atoms with Crippen LogP contribution in [-0.2, 0) is 11.2 Å². The summed E-state index contributed by atoms with van der Waals surface area (Å²) in [5, 5.41) is 3.30. The molecule has 0 bridgehead atoms. The number of nitrogens with one attached hydrogen (secondary N) is 1. The summed E-state index contributed by atoms with van der Waals surface area (Å²) in [6, 6.07) is 11.0. The predicted octanol–water partition coefficient (Wildman–Crippen LogP) is 3.14. The first-order chi connectivity index (χ1) is 10.7. The van der Waals surface area contributed by atoms with Gasteiger partial charge in [-0.1, -0.05) is 30.3 Å². The highest BCUT2D eigenvalue weighted by molar-refractivity contribution is 5.77. The summed E-state index contributed by atoms with van der Waals surface area (Å²) >= 11 is 0. The standard InChI is InChI=1S/C19H28N2O/c1-16(21-13-5-6-14-21)9-10-18(22)20-19(11-12-19)15-17-7-3-2-4-8-17/h2-4,7-8,16H,5-6,9-15H2,1H3,(H,20,22)/t16-/m0/s1. The van der Waals surface area contributed by atoms with Crippen molar-refractivity contribution in [2.45, 2.75) is 63.5 Å². The Bertz CT molecular complexity index is 489. The van der Waals surface area contributed by atoms with Gasteiger partial charge in [0.2, 0.25) is 5.91 Å². The highest BCUT2D eigenvalue weighted by Crippen LogP contribution is 2.38. The zero-order chi connectivity index (χ0) is 15.4. The molecule has 0 unspecified atom stereocenters. The van der Waals surface area contributed by atoms with E-state index in [0.29, 0.717) is 12.5 Å². The SMILES string of the molecule is C[C@@H](CCC(=O)NC1(Cc2ccccc2)CC1)N1CCCC1. The molecule has 1 N–H and O–H groups in total. The van der Waals surface area contributed by atoms with Crippen molar-refractivity contribution < 1.29 is 4.79 Å². The average molecular weight is 300 g/mol. The van der Waals surface area contributed by atoms with E-state index in [1.807, 2.05) is 6.07 Å². The van der Waals surface area contributed by atoms with Gasteiger partial charge in [0.05, 0.1) is 0 Å². The molecular formula is C19H28N2O. The highest BCUT2D eigenvalue weighted by atomic mass is 16.1. The maximum atomic E-state index is 12.3. The normalized spacial score (nSPS) is 21.5. The van der Waals surface area contributed by atoms with E-state index in [2.05, 4.69) is 41.4 Å². The molecule has 3 nitrogen and oxygen atoms in total. The minimum atomic E-state index is 0.0509. The first-order valence-electron chi connectivity index (χ1n) is 8.76. The quantitative estimate of drug-likeness (QED) is 0.839. The molecule has 120 valence electrons. The molecular weight excluding hydrogens is 272 g/mol. The second kappa shape index (κ2) is 6.82. The molecule has 1 saturated heterocycles. The van der Waals surface area contributed by atoms with Gasteiger partial charge in [-0.05, 0) is 64.1 Å². The van der Waals surface area contributed by atoms with E-state index in [0.717, 1.165) is 25.7 Å². The zero-order valence-corrected chi connectivity index (χ0v) is 13.7. The van der Waals surface area contributed by atoms with Crippen molar-refractivity contribution in [1.29, 1.82) is 0 Å². The molecule has 1 heterocycles. The van der Waals surface area contributed by atoms with Crippen molar-refractivity contribution in [2.75, 3.05) is 13.1 Å². The van der Waals surface area contributed by atoms with Crippen molar-refractivity contribution in [3.05, 3.63) is 35.9 Å². The van der Waals surface area contributed by atoms with E-state index < -0.39 is 0 Å². The van der Waals surface area contributed by atoms with E-state index in [9.17, 15) is 4.79 Å². The van der Waals surface area contributed by atoms with Gasteiger partial charge in [0.15, 0.2) is 0 Å². The van der Waals surface area contributed by atoms with E-state index in [1.165, 1.54) is 31.5 Å². The van der Waals surface area contributed by atoms with Crippen LogP contribution in [0, 0.1) is 0 Å². The van der Waals surface area contributed by atoms with Crippen LogP contribution in [0.5, 0.6) is 0 Å². The van der Waals surface area contributed by atoms with Crippen molar-refractivity contribution in [2.24, 2.45) is 0 Å². The molecule has 1 aliphatic carbocycles. The lowest BCUT2D eigenvalue weighted by Gasteiger charge is -2.24. The van der Waals surface area contributed by atoms with Crippen LogP contribution >= 0.6 is 0 Å². The topological polar surface area (TPSA) is 32.3 Å². The van der Waals surface area contributed by atoms with Crippen LogP contribution in [-0.4, -0.2) is 35.5 Å². The van der Waals surface area contributed by atoms with E-state index >= 15 is 0 Å². The number of likely N-dealkylation sites (tertiary alicyclic amines) is 1. The molecule has 3 rings (SSSR count). The van der Waals surface area contributed by atoms with E-state index in [1.54, 1.807) is 0 Å². The van der Waals surface area contributed by atoms with Crippen molar-refractivity contribution in [3.63, 3.8) is 0 Å². The molecule has 3 heteroatoms. The molecule has 1 aromatic rings. The number of carbonyl (C=O) groups excluding carboxylic acids is 1. The Hall–Kier alpha value is -1.35. The molecule has 1 aromatic carbocycles. The summed E-state index contributed by atoms with van der Waals surface area (Å²) < 4.78 is 0. The minimum absolute atomic E-state index is 0.0509. The molecule has 0 radical (unpaired) electrons. The monoisotopic (exact) mass is 300 g/mol. The summed E-state index contributed by atoms with van der Waals surface area (Å²) in [6.07, 6.45) is 7.49. The second-order valence-electron chi connectivity index (χ2n) is 7.12. The summed E-state index contributed by atoms with van der Waals surface area (Å²) in [6.45, 7) is 4.68. The summed E-state index contributed by atoms with van der Waals surface area (Å²) in [4.78, 5) is 14.8. The Kier molecular flexibility index (Phi) is 4.82. The number of carbonyl (C=O) groups is 1. The Labute approximate surface area is 134 Å². The van der Waals surface area contributed by atoms with Gasteiger partial charge in [-0.25, -0.2) is 0 Å². The van der Waals surface area contributed by atoms with Crippen LogP contribution in [0.4, 0.5) is 0 Å². The Morgan fingerprint density at radius 1 is 1.23 bits per heavy atom. The molecule has 2 fully saturated rings. The lowest BCUT2D eigenvalue weighted by molar-refractivity contribution is -0.122. The molecule has 22 heavy (non-hydrogen) atoms. The number of amides is 1. The molecule has 1 aliphatic heterocycles. The molecule has 2 aliphatic rings. The fourth-order valence-corrected chi connectivity index (χ4v) is 3.55. The largest absolute Gasteiger partial charge is 0.350 e. The third-order valence-corrected chi connectivity index (χ3v) is 5.20. The van der Waals surface area contributed by atoms with E-state index in [4.69, 9.17) is 0 Å². The zero-order valence-electron chi connectivity index (χ0n) is 13.7. The first kappa shape index (κ1) is 15.5. The van der Waals surface area contributed by atoms with Crippen molar-refractivity contribution >= 4 is 5.91 Å². The highest BCUT2D eigenvalue weighted by Gasteiger charge is 2.43. The van der Waals surface area contributed by atoms with Gasteiger partial charge in [-0.2, -0.15) is 0 Å². The third-order valence-electron chi connectivity index (χ3n) is 5.20. The molecule has 1 atom stereocenters. The number of nitrogens with zero attached hydrogens (tertiary/aromatic N) is 1. The number of rotatable bonds is 7. The number of benzene rings is 1. The Morgan fingerprint density at radius 3 is 2.55 bits per heavy atom. The van der Waals surface area contributed by atoms with Crippen LogP contribution in [0.1, 0.15) is 51.0 Å². The van der Waals surface area contributed by atoms with Gasteiger partial charge < -0.3 is 10.2 Å². The van der Waals surface area contributed by atoms with Gasteiger partial charge in [0.25, 0.3) is 0 Å². The van der Waals surface area contributed by atoms with Crippen LogP contribution < -0.4 is 5.32 Å². The van der Waals surface area contributed by atoms with Crippen LogP contribution in [0.15, 0.2) is 30.3 Å². The van der Waals surface area contributed by atoms with Gasteiger partial charge >= 0.3 is 0 Å². The lowest BCUT2D eigenvalue weighted by Crippen LogP contribution is -2.39. The van der Waals surface area contributed by atoms with Crippen LogP contribution in [0.3, 0.4) is 0 Å². The Morgan fingerprint density at radius 2 is 1.91 bits per heavy atom. The lowest BCUT2D eigenvalue weighted by atomic mass is 10.0. The Balaban J connectivity index is 1.43. The third kappa shape index (κ3) is 4.10. The van der Waals surface area contributed by atoms with Gasteiger partial charge in [0.1, 0.15) is 0 Å². The maximum absolute atomic E-state index is 12.3. The average Bonchev–Trinajstić information content (AvgIpc) is 3.04. The fraction of sp³-hybridized carbons (Fsp3) is 0.632. The summed E-state index contributed by atoms with van der Waals surface area (Å²) in [5.74, 6) is 0.236. The molecule has 1 saturated carbocycles. The van der Waals surface area contributed by atoms with Crippen molar-refractivity contribution in [1.82, 2.24) is 10.2 Å². The van der Waals surface area contributed by atoms with Crippen LogP contribution in [0.2, 0.25) is 0 Å². The molecule has 1 amide bonds. The van der Waals surface area contributed by atoms with E-state index in [-0.39, 0.29) is 11.4 Å². The predicted molar refractivity (Wildman–Crippen MR) is 89.8 cm³/mol. The summed E-state index contributed by atoms with van der Waals surface area (Å²) in [5.41, 5.74) is 1.38.